The molecule has 1 aliphatic carbocycles. The Bertz CT molecular complexity index is 415. The Morgan fingerprint density at radius 3 is 2.94 bits per heavy atom. The molecule has 0 radical (unpaired) electrons. The number of thioether (sulfide) groups is 1. The monoisotopic (exact) mass is 251 g/mol. The van der Waals surface area contributed by atoms with Crippen LogP contribution < -0.4 is 5.32 Å². The number of nitrogens with one attached hydrogen (secondary N) is 1. The van der Waals surface area contributed by atoms with E-state index in [1.165, 1.54) is 18.4 Å². The van der Waals surface area contributed by atoms with Crippen LogP contribution in [0.15, 0.2) is 23.1 Å². The molecular weight excluding hydrogens is 233 g/mol. The van der Waals surface area contributed by atoms with Crippen molar-refractivity contribution in [1.82, 2.24) is 5.32 Å². The van der Waals surface area contributed by atoms with Gasteiger partial charge in [-0.2, -0.15) is 0 Å². The van der Waals surface area contributed by atoms with Crippen molar-refractivity contribution in [3.05, 3.63) is 29.6 Å². The van der Waals surface area contributed by atoms with Gasteiger partial charge in [-0.15, -0.1) is 11.8 Å². The van der Waals surface area contributed by atoms with E-state index >= 15 is 0 Å². The van der Waals surface area contributed by atoms with Gasteiger partial charge in [0.15, 0.2) is 0 Å². The van der Waals surface area contributed by atoms with Gasteiger partial charge in [0.1, 0.15) is 5.82 Å². The van der Waals surface area contributed by atoms with Gasteiger partial charge in [0, 0.05) is 17.0 Å². The molecule has 1 N–H and O–H groups in total. The summed E-state index contributed by atoms with van der Waals surface area (Å²) in [5.41, 5.74) is 1.17. The molecule has 1 nitrogen and oxygen atoms in total. The van der Waals surface area contributed by atoms with Gasteiger partial charge >= 0.3 is 0 Å². The Kier molecular flexibility index (Phi) is 3.14. The van der Waals surface area contributed by atoms with Gasteiger partial charge in [-0.3, -0.25) is 0 Å². The van der Waals surface area contributed by atoms with Crippen molar-refractivity contribution in [2.75, 3.05) is 5.75 Å². The van der Waals surface area contributed by atoms with Crippen LogP contribution in [0.25, 0.3) is 0 Å². The minimum atomic E-state index is -0.0547. The molecule has 1 aliphatic heterocycles. The van der Waals surface area contributed by atoms with Crippen LogP contribution in [0.2, 0.25) is 0 Å². The third-order valence-corrected chi connectivity index (χ3v) is 5.00. The van der Waals surface area contributed by atoms with E-state index in [-0.39, 0.29) is 5.82 Å². The molecule has 0 saturated heterocycles. The normalized spacial score (nSPS) is 31.8. The van der Waals surface area contributed by atoms with E-state index in [2.05, 4.69) is 18.3 Å². The zero-order chi connectivity index (χ0) is 11.8. The van der Waals surface area contributed by atoms with Crippen LogP contribution in [-0.4, -0.2) is 11.8 Å². The Morgan fingerprint density at radius 1 is 1.35 bits per heavy atom. The Hall–Kier alpha value is -0.540. The van der Waals surface area contributed by atoms with Gasteiger partial charge in [0.05, 0.1) is 0 Å². The van der Waals surface area contributed by atoms with Gasteiger partial charge in [0.25, 0.3) is 0 Å². The quantitative estimate of drug-likeness (QED) is 0.859. The first-order valence-corrected chi connectivity index (χ1v) is 7.40. The Balaban J connectivity index is 1.77. The molecular formula is C14H18FNS. The summed E-state index contributed by atoms with van der Waals surface area (Å²) >= 11 is 1.66. The minimum Gasteiger partial charge on any atom is -0.307 e. The second-order valence-corrected chi connectivity index (χ2v) is 6.39. The summed E-state index contributed by atoms with van der Waals surface area (Å²) in [5, 5.41) is 3.69. The first-order valence-electron chi connectivity index (χ1n) is 6.41. The molecule has 1 aromatic rings. The molecule has 1 heterocycles. The summed E-state index contributed by atoms with van der Waals surface area (Å²) in [5.74, 6) is 1.83. The molecule has 0 amide bonds. The summed E-state index contributed by atoms with van der Waals surface area (Å²) in [7, 11) is 0. The van der Waals surface area contributed by atoms with Crippen LogP contribution in [0.3, 0.4) is 0 Å². The lowest BCUT2D eigenvalue weighted by Crippen LogP contribution is -2.42. The SMILES string of the molecule is CC1CC(NC2CCSc3c(F)cccc32)C1. The highest BCUT2D eigenvalue weighted by Gasteiger charge is 2.30. The van der Waals surface area contributed by atoms with Gasteiger partial charge in [-0.1, -0.05) is 19.1 Å². The van der Waals surface area contributed by atoms with Crippen molar-refractivity contribution >= 4 is 11.8 Å². The highest BCUT2D eigenvalue weighted by atomic mass is 32.2. The number of rotatable bonds is 2. The molecule has 1 aromatic carbocycles. The lowest BCUT2D eigenvalue weighted by atomic mass is 9.81. The molecule has 0 aromatic heterocycles. The highest BCUT2D eigenvalue weighted by molar-refractivity contribution is 7.99. The van der Waals surface area contributed by atoms with Crippen molar-refractivity contribution in [3.63, 3.8) is 0 Å². The van der Waals surface area contributed by atoms with Gasteiger partial charge in [0.2, 0.25) is 0 Å². The zero-order valence-electron chi connectivity index (χ0n) is 10.1. The van der Waals surface area contributed by atoms with E-state index in [1.807, 2.05) is 6.07 Å². The van der Waals surface area contributed by atoms with Crippen LogP contribution in [0.5, 0.6) is 0 Å². The van der Waals surface area contributed by atoms with Crippen LogP contribution in [0.4, 0.5) is 4.39 Å². The van der Waals surface area contributed by atoms with E-state index in [4.69, 9.17) is 0 Å². The third-order valence-electron chi connectivity index (χ3n) is 3.84. The van der Waals surface area contributed by atoms with E-state index in [1.54, 1.807) is 17.8 Å². The van der Waals surface area contributed by atoms with Gasteiger partial charge in [-0.05, 0) is 42.6 Å². The predicted octanol–water partition coefficient (Wildman–Crippen LogP) is 3.75. The fourth-order valence-corrected chi connectivity index (χ4v) is 4.02. The largest absolute Gasteiger partial charge is 0.307 e. The topological polar surface area (TPSA) is 12.0 Å². The molecule has 3 heteroatoms. The van der Waals surface area contributed by atoms with Gasteiger partial charge < -0.3 is 5.32 Å². The molecule has 2 aliphatic rings. The van der Waals surface area contributed by atoms with Crippen LogP contribution >= 0.6 is 11.8 Å². The molecule has 3 rings (SSSR count). The Labute approximate surface area is 106 Å². The second kappa shape index (κ2) is 4.62. The first-order chi connectivity index (χ1) is 8.24. The molecule has 17 heavy (non-hydrogen) atoms. The number of hydrogen-bond acceptors (Lipinski definition) is 2. The standard InChI is InChI=1S/C14H18FNS/c1-9-7-10(8-9)16-13-5-6-17-14-11(13)3-2-4-12(14)15/h2-4,9-10,13,16H,5-8H2,1H3. The molecule has 1 atom stereocenters. The van der Waals surface area contributed by atoms with E-state index in [9.17, 15) is 4.39 Å². The van der Waals surface area contributed by atoms with Crippen molar-refractivity contribution < 1.29 is 4.39 Å². The molecule has 92 valence electrons. The predicted molar refractivity (Wildman–Crippen MR) is 69.8 cm³/mol. The number of fused-ring (bicyclic) bond motifs is 1. The van der Waals surface area contributed by atoms with E-state index in [0.29, 0.717) is 12.1 Å². The van der Waals surface area contributed by atoms with Crippen molar-refractivity contribution in [2.24, 2.45) is 5.92 Å². The molecule has 1 unspecified atom stereocenters. The average molecular weight is 251 g/mol. The smallest absolute Gasteiger partial charge is 0.137 e. The summed E-state index contributed by atoms with van der Waals surface area (Å²) in [6.07, 6.45) is 3.66. The van der Waals surface area contributed by atoms with Gasteiger partial charge in [-0.25, -0.2) is 4.39 Å². The van der Waals surface area contributed by atoms with E-state index in [0.717, 1.165) is 23.0 Å². The number of hydrogen-bond donors (Lipinski definition) is 1. The van der Waals surface area contributed by atoms with Crippen molar-refractivity contribution in [1.29, 1.82) is 0 Å². The summed E-state index contributed by atoms with van der Waals surface area (Å²) in [4.78, 5) is 0.864. The van der Waals surface area contributed by atoms with Crippen molar-refractivity contribution in [2.45, 2.75) is 43.2 Å². The van der Waals surface area contributed by atoms with Crippen LogP contribution in [-0.2, 0) is 0 Å². The maximum atomic E-state index is 13.7. The van der Waals surface area contributed by atoms with Crippen LogP contribution in [0.1, 0.15) is 37.8 Å². The fraction of sp³-hybridized carbons (Fsp3) is 0.571. The lowest BCUT2D eigenvalue weighted by Gasteiger charge is -2.38. The zero-order valence-corrected chi connectivity index (χ0v) is 10.9. The molecule has 1 saturated carbocycles. The first kappa shape index (κ1) is 11.5. The minimum absolute atomic E-state index is 0.0547. The second-order valence-electron chi connectivity index (χ2n) is 5.29. The summed E-state index contributed by atoms with van der Waals surface area (Å²) in [6, 6.07) is 6.48. The molecule has 0 bridgehead atoms. The maximum Gasteiger partial charge on any atom is 0.137 e. The number of benzene rings is 1. The van der Waals surface area contributed by atoms with Crippen molar-refractivity contribution in [3.8, 4) is 0 Å². The maximum absolute atomic E-state index is 13.7. The summed E-state index contributed by atoms with van der Waals surface area (Å²) in [6.45, 7) is 2.29. The average Bonchev–Trinajstić information content (AvgIpc) is 2.28. The molecule has 1 fully saturated rings. The molecule has 0 spiro atoms. The number of halogens is 1. The van der Waals surface area contributed by atoms with E-state index < -0.39 is 0 Å². The fourth-order valence-electron chi connectivity index (χ4n) is 2.88. The van der Waals surface area contributed by atoms with Crippen LogP contribution in [0, 0.1) is 11.7 Å². The lowest BCUT2D eigenvalue weighted by molar-refractivity contribution is 0.219. The Morgan fingerprint density at radius 2 is 2.18 bits per heavy atom. The third kappa shape index (κ3) is 2.23. The highest BCUT2D eigenvalue weighted by Crippen LogP contribution is 2.39. The summed E-state index contributed by atoms with van der Waals surface area (Å²) < 4.78 is 13.7.